The number of hydrogen-bond donors (Lipinski definition) is 1. The molecule has 0 atom stereocenters. The highest BCUT2D eigenvalue weighted by molar-refractivity contribution is 5.84. The topological polar surface area (TPSA) is 69.6 Å². The average Bonchev–Trinajstić information content (AvgIpc) is 2.74. The standard InChI is InChI=1S/C12H11N5/c13-11-10-7-17(16-12(10)15-8-14-11)6-9-4-2-1-3-5-9/h1-5,7-8H,6H2,(H2,13,14,15,16). The third kappa shape index (κ3) is 1.82. The molecule has 0 aliphatic rings. The number of aromatic nitrogens is 4. The van der Waals surface area contributed by atoms with Crippen LogP contribution in [0.5, 0.6) is 0 Å². The molecule has 0 spiro atoms. The maximum Gasteiger partial charge on any atom is 0.186 e. The Labute approximate surface area is 97.9 Å². The average molecular weight is 225 g/mol. The van der Waals surface area contributed by atoms with E-state index in [4.69, 9.17) is 5.73 Å². The fourth-order valence-electron chi connectivity index (χ4n) is 1.75. The zero-order chi connectivity index (χ0) is 11.7. The van der Waals surface area contributed by atoms with Crippen molar-refractivity contribution in [2.45, 2.75) is 6.54 Å². The van der Waals surface area contributed by atoms with E-state index >= 15 is 0 Å². The number of nitrogen functional groups attached to an aromatic ring is 1. The summed E-state index contributed by atoms with van der Waals surface area (Å²) in [5.74, 6) is 0.467. The van der Waals surface area contributed by atoms with Gasteiger partial charge in [-0.15, -0.1) is 0 Å². The van der Waals surface area contributed by atoms with E-state index in [0.717, 1.165) is 5.39 Å². The molecule has 5 nitrogen and oxygen atoms in total. The van der Waals surface area contributed by atoms with Crippen LogP contribution in [-0.2, 0) is 6.54 Å². The van der Waals surface area contributed by atoms with Crippen molar-refractivity contribution in [2.75, 3.05) is 5.73 Å². The van der Waals surface area contributed by atoms with Gasteiger partial charge in [0.25, 0.3) is 0 Å². The number of anilines is 1. The van der Waals surface area contributed by atoms with Crippen LogP contribution in [0.3, 0.4) is 0 Å². The molecule has 0 saturated carbocycles. The molecule has 0 bridgehead atoms. The molecule has 0 saturated heterocycles. The van der Waals surface area contributed by atoms with Crippen LogP contribution in [0.1, 0.15) is 5.56 Å². The second-order valence-electron chi connectivity index (χ2n) is 3.81. The van der Waals surface area contributed by atoms with Gasteiger partial charge < -0.3 is 5.73 Å². The molecule has 84 valence electrons. The Bertz CT molecular complexity index is 644. The van der Waals surface area contributed by atoms with Gasteiger partial charge in [0.2, 0.25) is 0 Å². The summed E-state index contributed by atoms with van der Waals surface area (Å²) in [6, 6.07) is 10.1. The summed E-state index contributed by atoms with van der Waals surface area (Å²) < 4.78 is 1.82. The van der Waals surface area contributed by atoms with Gasteiger partial charge in [-0.3, -0.25) is 4.68 Å². The highest BCUT2D eigenvalue weighted by Gasteiger charge is 2.05. The quantitative estimate of drug-likeness (QED) is 0.716. The molecule has 3 aromatic rings. The molecule has 0 fully saturated rings. The Morgan fingerprint density at radius 3 is 2.71 bits per heavy atom. The minimum Gasteiger partial charge on any atom is -0.383 e. The molecule has 5 heteroatoms. The monoisotopic (exact) mass is 225 g/mol. The van der Waals surface area contributed by atoms with Crippen LogP contribution in [0.4, 0.5) is 5.82 Å². The summed E-state index contributed by atoms with van der Waals surface area (Å²) in [6.07, 6.45) is 3.30. The Kier molecular flexibility index (Phi) is 2.22. The van der Waals surface area contributed by atoms with Crippen molar-refractivity contribution >= 4 is 16.9 Å². The molecule has 0 aliphatic heterocycles. The third-order valence-electron chi connectivity index (χ3n) is 2.58. The maximum absolute atomic E-state index is 5.76. The molecular formula is C12H11N5. The number of nitrogens with two attached hydrogens (primary N) is 1. The zero-order valence-corrected chi connectivity index (χ0v) is 9.11. The van der Waals surface area contributed by atoms with Crippen LogP contribution < -0.4 is 5.73 Å². The normalized spacial score (nSPS) is 10.8. The Morgan fingerprint density at radius 1 is 1.12 bits per heavy atom. The van der Waals surface area contributed by atoms with E-state index < -0.39 is 0 Å². The van der Waals surface area contributed by atoms with Crippen molar-refractivity contribution < 1.29 is 0 Å². The van der Waals surface area contributed by atoms with Crippen molar-refractivity contribution in [1.82, 2.24) is 19.7 Å². The summed E-state index contributed by atoms with van der Waals surface area (Å²) in [4.78, 5) is 8.02. The number of nitrogens with zero attached hydrogens (tertiary/aromatic N) is 4. The van der Waals surface area contributed by atoms with Gasteiger partial charge in [-0.25, -0.2) is 9.97 Å². The first kappa shape index (κ1) is 9.77. The van der Waals surface area contributed by atoms with Gasteiger partial charge in [-0.1, -0.05) is 30.3 Å². The van der Waals surface area contributed by atoms with E-state index in [0.29, 0.717) is 18.0 Å². The lowest BCUT2D eigenvalue weighted by Gasteiger charge is -1.99. The van der Waals surface area contributed by atoms with Gasteiger partial charge in [-0.2, -0.15) is 5.10 Å². The fraction of sp³-hybridized carbons (Fsp3) is 0.0833. The molecule has 2 heterocycles. The van der Waals surface area contributed by atoms with E-state index in [1.165, 1.54) is 11.9 Å². The van der Waals surface area contributed by atoms with Crippen LogP contribution in [0, 0.1) is 0 Å². The number of rotatable bonds is 2. The van der Waals surface area contributed by atoms with Crippen LogP contribution in [0.15, 0.2) is 42.9 Å². The first-order valence-electron chi connectivity index (χ1n) is 5.30. The summed E-state index contributed by atoms with van der Waals surface area (Å²) in [6.45, 7) is 0.705. The van der Waals surface area contributed by atoms with E-state index in [2.05, 4.69) is 27.2 Å². The van der Waals surface area contributed by atoms with Crippen LogP contribution >= 0.6 is 0 Å². The Morgan fingerprint density at radius 2 is 1.94 bits per heavy atom. The van der Waals surface area contributed by atoms with E-state index in [9.17, 15) is 0 Å². The van der Waals surface area contributed by atoms with E-state index in [-0.39, 0.29) is 0 Å². The molecule has 3 rings (SSSR count). The first-order chi connectivity index (χ1) is 8.33. The van der Waals surface area contributed by atoms with Crippen molar-refractivity contribution in [1.29, 1.82) is 0 Å². The highest BCUT2D eigenvalue weighted by atomic mass is 15.3. The smallest absolute Gasteiger partial charge is 0.186 e. The van der Waals surface area contributed by atoms with E-state index in [1.54, 1.807) is 0 Å². The fourth-order valence-corrected chi connectivity index (χ4v) is 1.75. The minimum atomic E-state index is 0.467. The van der Waals surface area contributed by atoms with Crippen LogP contribution in [0.2, 0.25) is 0 Å². The molecule has 2 N–H and O–H groups in total. The Hall–Kier alpha value is -2.43. The van der Waals surface area contributed by atoms with Crippen LogP contribution in [-0.4, -0.2) is 19.7 Å². The molecular weight excluding hydrogens is 214 g/mol. The maximum atomic E-state index is 5.76. The van der Waals surface area contributed by atoms with Gasteiger partial charge >= 0.3 is 0 Å². The van der Waals surface area contributed by atoms with Gasteiger partial charge in [-0.05, 0) is 5.56 Å². The second kappa shape index (κ2) is 3.86. The van der Waals surface area contributed by atoms with Crippen molar-refractivity contribution in [3.8, 4) is 0 Å². The molecule has 0 amide bonds. The van der Waals surface area contributed by atoms with E-state index in [1.807, 2.05) is 29.1 Å². The van der Waals surface area contributed by atoms with Crippen molar-refractivity contribution in [3.05, 3.63) is 48.4 Å². The predicted octanol–water partition coefficient (Wildman–Crippen LogP) is 1.46. The summed E-state index contributed by atoms with van der Waals surface area (Å²) in [5.41, 5.74) is 7.58. The molecule has 0 unspecified atom stereocenters. The van der Waals surface area contributed by atoms with Gasteiger partial charge in [0.1, 0.15) is 12.1 Å². The summed E-state index contributed by atoms with van der Waals surface area (Å²) >= 11 is 0. The molecule has 1 aromatic carbocycles. The minimum absolute atomic E-state index is 0.467. The van der Waals surface area contributed by atoms with Gasteiger partial charge in [0, 0.05) is 6.20 Å². The highest BCUT2D eigenvalue weighted by Crippen LogP contribution is 2.15. The summed E-state index contributed by atoms with van der Waals surface area (Å²) in [5, 5.41) is 5.15. The largest absolute Gasteiger partial charge is 0.383 e. The zero-order valence-electron chi connectivity index (χ0n) is 9.11. The number of benzene rings is 1. The molecule has 0 radical (unpaired) electrons. The van der Waals surface area contributed by atoms with Gasteiger partial charge in [0.05, 0.1) is 11.9 Å². The molecule has 17 heavy (non-hydrogen) atoms. The second-order valence-corrected chi connectivity index (χ2v) is 3.81. The Balaban J connectivity index is 1.99. The van der Waals surface area contributed by atoms with Crippen molar-refractivity contribution in [2.24, 2.45) is 0 Å². The van der Waals surface area contributed by atoms with Gasteiger partial charge in [0.15, 0.2) is 5.65 Å². The van der Waals surface area contributed by atoms with Crippen molar-refractivity contribution in [3.63, 3.8) is 0 Å². The number of fused-ring (bicyclic) bond motifs is 1. The van der Waals surface area contributed by atoms with Crippen LogP contribution in [0.25, 0.3) is 11.0 Å². The SMILES string of the molecule is Nc1ncnc2nn(Cc3ccccc3)cc12. The summed E-state index contributed by atoms with van der Waals surface area (Å²) in [7, 11) is 0. The lowest BCUT2D eigenvalue weighted by atomic mass is 10.2. The molecule has 0 aliphatic carbocycles. The lowest BCUT2D eigenvalue weighted by molar-refractivity contribution is 0.693. The lowest BCUT2D eigenvalue weighted by Crippen LogP contribution is -1.99. The molecule has 2 aromatic heterocycles. The first-order valence-corrected chi connectivity index (χ1v) is 5.30. The number of hydrogen-bond acceptors (Lipinski definition) is 4. The third-order valence-corrected chi connectivity index (χ3v) is 2.58. The predicted molar refractivity (Wildman–Crippen MR) is 65.3 cm³/mol.